The number of fused-ring (bicyclic) bond motifs is 15. The third kappa shape index (κ3) is 11.1. The first-order valence-electron chi connectivity index (χ1n) is 34.4. The maximum absolute atomic E-state index is 9.42. The molecule has 0 saturated carbocycles. The molecule has 0 radical (unpaired) electrons. The molecule has 12 aromatic carbocycles. The van der Waals surface area contributed by atoms with Crippen LogP contribution in [0.4, 0.5) is 68.2 Å². The van der Waals surface area contributed by atoms with Crippen molar-refractivity contribution in [2.75, 3.05) is 76.5 Å². The van der Waals surface area contributed by atoms with Gasteiger partial charge in [0.1, 0.15) is 57.2 Å². The Kier molecular flexibility index (Phi) is 17.0. The zero-order valence-corrected chi connectivity index (χ0v) is 60.6. The fourth-order valence-corrected chi connectivity index (χ4v) is 17.5. The lowest BCUT2D eigenvalue weighted by molar-refractivity contribution is -0.0736. The first-order valence-corrected chi connectivity index (χ1v) is 36.1. The largest absolute Gasteiger partial charge is 0.497 e. The van der Waals surface area contributed by atoms with Crippen molar-refractivity contribution in [3.63, 3.8) is 0 Å². The lowest BCUT2D eigenvalue weighted by atomic mass is 9.81. The van der Waals surface area contributed by atoms with Crippen molar-refractivity contribution in [3.8, 4) is 78.0 Å². The van der Waals surface area contributed by atoms with E-state index in [9.17, 15) is 4.74 Å². The van der Waals surface area contributed by atoms with Crippen LogP contribution in [0.15, 0.2) is 290 Å². The van der Waals surface area contributed by atoms with Crippen molar-refractivity contribution in [1.29, 1.82) is 0 Å². The molecule has 3 aliphatic rings. The van der Waals surface area contributed by atoms with E-state index in [1.165, 1.54) is 0 Å². The van der Waals surface area contributed by atoms with Crippen molar-refractivity contribution in [2.24, 2.45) is 0 Å². The van der Waals surface area contributed by atoms with E-state index in [0.29, 0.717) is 0 Å². The second kappa shape index (κ2) is 27.1. The molecule has 14 aromatic rings. The zero-order valence-electron chi connectivity index (χ0n) is 59.0. The van der Waals surface area contributed by atoms with Crippen molar-refractivity contribution in [3.05, 3.63) is 323 Å². The van der Waals surface area contributed by atoms with Gasteiger partial charge in [-0.15, -0.1) is 22.7 Å². The van der Waals surface area contributed by atoms with E-state index in [-0.39, 0.29) is 0 Å². The predicted octanol–water partition coefficient (Wildman–Crippen LogP) is 23.0. The summed E-state index contributed by atoms with van der Waals surface area (Å²) in [5, 5.41) is 4.47. The molecular weight excluding hydrogens is 1350 g/mol. The minimum atomic E-state index is -1.41. The number of rotatable bonds is 20. The van der Waals surface area contributed by atoms with E-state index >= 15 is 0 Å². The Hall–Kier alpha value is -12.4. The van der Waals surface area contributed by atoms with Gasteiger partial charge in [-0.25, -0.2) is 0 Å². The van der Waals surface area contributed by atoms with Crippen molar-refractivity contribution in [2.45, 2.75) is 11.2 Å². The summed E-state index contributed by atoms with van der Waals surface area (Å²) >= 11 is 3.49. The molecule has 0 atom stereocenters. The standard InChI is InChI=1S/C90H72N4O9S2/c1-95-69-29-9-57(10-30-69)91(58-11-31-70(96-2)32-12-58)65-25-45-77-78-46-26-66(92(59-13-33-71(97-3)34-14-59)60-15-35-72(98-4)36-16-60)54-84(78)89(83(77)53-65)81-49-51-104-87(81)88-82(50-52-105-88)90(103-89)85-55-67(93(61-17-37-73(99-5)38-18-61)62-19-39-74(100-6)40-20-62)27-47-79(85)80-48-28-68(56-86(80)90)94(63-21-41-75(101-7)42-22-63)64-23-43-76(102-8)44-24-64/h9-56H,1-8H3. The topological polar surface area (TPSA) is 96.0 Å². The third-order valence-corrected chi connectivity index (χ3v) is 22.4. The molecule has 13 nitrogen and oxygen atoms in total. The van der Waals surface area contributed by atoms with Crippen LogP contribution in [0.3, 0.4) is 0 Å². The van der Waals surface area contributed by atoms with E-state index in [1.54, 1.807) is 79.6 Å². The molecule has 2 spiro atoms. The molecule has 3 heterocycles. The zero-order chi connectivity index (χ0) is 71.5. The summed E-state index contributed by atoms with van der Waals surface area (Å²) in [5.74, 6) is 5.97. The minimum absolute atomic E-state index is 0.746. The second-order valence-electron chi connectivity index (χ2n) is 25.6. The SMILES string of the molecule is COc1ccc(N(c2ccc(OC)cc2)c2ccc3c(c2)C2(OC4(c5cc(N(c6ccc(OC)cc6)c6ccc(OC)cc6)ccc5-c5ccc(N(c6ccc(OC)cc6)c6ccc(OC)cc6)cc54)c4ccsc4-c4sccc42)c2cc(N(c4ccc(OC)cc4)c4ccc(OC)cc4)ccc2-3)cc1. The van der Waals surface area contributed by atoms with Crippen LogP contribution in [-0.4, -0.2) is 56.9 Å². The summed E-state index contributed by atoms with van der Waals surface area (Å²) in [6.07, 6.45) is 0. The third-order valence-electron chi connectivity index (χ3n) is 20.4. The molecule has 0 saturated heterocycles. The normalized spacial score (nSPS) is 12.9. The van der Waals surface area contributed by atoms with Gasteiger partial charge >= 0.3 is 0 Å². The molecule has 2 aromatic heterocycles. The van der Waals surface area contributed by atoms with Gasteiger partial charge in [0.2, 0.25) is 0 Å². The Morgan fingerprint density at radius 3 is 0.552 bits per heavy atom. The molecule has 0 fully saturated rings. The van der Waals surface area contributed by atoms with E-state index in [4.69, 9.17) is 37.9 Å². The molecule has 0 amide bonds. The maximum Gasteiger partial charge on any atom is 0.148 e. The molecule has 0 unspecified atom stereocenters. The van der Waals surface area contributed by atoms with Crippen LogP contribution in [0.25, 0.3) is 32.0 Å². The van der Waals surface area contributed by atoms with Crippen LogP contribution < -0.4 is 57.5 Å². The maximum atomic E-state index is 9.42. The van der Waals surface area contributed by atoms with Crippen LogP contribution >= 0.6 is 22.7 Å². The molecule has 0 bridgehead atoms. The Bertz CT molecular complexity index is 4680. The number of hydrogen-bond acceptors (Lipinski definition) is 15. The summed E-state index contributed by atoms with van der Waals surface area (Å²) in [7, 11) is 13.6. The van der Waals surface area contributed by atoms with Crippen LogP contribution in [-0.2, 0) is 15.9 Å². The van der Waals surface area contributed by atoms with Crippen LogP contribution in [0.5, 0.6) is 46.0 Å². The van der Waals surface area contributed by atoms with Crippen LogP contribution in [0.2, 0.25) is 0 Å². The molecular formula is C90H72N4O9S2. The van der Waals surface area contributed by atoms with Gasteiger partial charge in [0, 0.05) is 102 Å². The second-order valence-corrected chi connectivity index (χ2v) is 27.5. The predicted molar refractivity (Wildman–Crippen MR) is 423 cm³/mol. The number of benzene rings is 12. The molecule has 17 rings (SSSR count). The smallest absolute Gasteiger partial charge is 0.148 e. The number of anilines is 12. The Balaban J connectivity index is 0.987. The molecule has 518 valence electrons. The van der Waals surface area contributed by atoms with Gasteiger partial charge in [-0.3, -0.25) is 0 Å². The van der Waals surface area contributed by atoms with E-state index < -0.39 is 11.2 Å². The van der Waals surface area contributed by atoms with E-state index in [0.717, 1.165) is 180 Å². The number of hydrogen-bond donors (Lipinski definition) is 0. The highest BCUT2D eigenvalue weighted by Crippen LogP contribution is 2.68. The Morgan fingerprint density at radius 2 is 0.381 bits per heavy atom. The first kappa shape index (κ1) is 65.9. The average Bonchev–Trinajstić information content (AvgIpc) is 1.50. The number of nitrogens with zero attached hydrogens (tertiary/aromatic N) is 4. The lowest BCUT2D eigenvalue weighted by Crippen LogP contribution is -2.41. The average molecular weight is 1420 g/mol. The van der Waals surface area contributed by atoms with Gasteiger partial charge in [-0.05, 0) is 288 Å². The van der Waals surface area contributed by atoms with Gasteiger partial charge in [0.25, 0.3) is 0 Å². The highest BCUT2D eigenvalue weighted by atomic mass is 32.1. The number of methoxy groups -OCH3 is 8. The highest BCUT2D eigenvalue weighted by Gasteiger charge is 2.60. The summed E-state index contributed by atoms with van der Waals surface area (Å²) < 4.78 is 55.8. The van der Waals surface area contributed by atoms with E-state index in [1.807, 2.05) is 97.1 Å². The van der Waals surface area contributed by atoms with Gasteiger partial charge < -0.3 is 62.2 Å². The Morgan fingerprint density at radius 1 is 0.210 bits per heavy atom. The molecule has 2 aliphatic carbocycles. The van der Waals surface area contributed by atoms with Crippen LogP contribution in [0.1, 0.15) is 33.4 Å². The van der Waals surface area contributed by atoms with Crippen molar-refractivity contribution in [1.82, 2.24) is 0 Å². The number of ether oxygens (including phenoxy) is 9. The van der Waals surface area contributed by atoms with Crippen molar-refractivity contribution >= 4 is 90.9 Å². The minimum Gasteiger partial charge on any atom is -0.497 e. The van der Waals surface area contributed by atoms with Crippen LogP contribution in [0, 0.1) is 0 Å². The summed E-state index contributed by atoms with van der Waals surface area (Å²) in [6.45, 7) is 0. The molecule has 15 heteroatoms. The Labute approximate surface area is 618 Å². The van der Waals surface area contributed by atoms with Gasteiger partial charge in [-0.2, -0.15) is 0 Å². The number of thiophene rings is 2. The van der Waals surface area contributed by atoms with E-state index in [2.05, 4.69) is 212 Å². The van der Waals surface area contributed by atoms with Gasteiger partial charge in [-0.1, -0.05) is 24.3 Å². The monoisotopic (exact) mass is 1420 g/mol. The molecule has 105 heavy (non-hydrogen) atoms. The fourth-order valence-electron chi connectivity index (χ4n) is 15.4. The van der Waals surface area contributed by atoms with Crippen molar-refractivity contribution < 1.29 is 42.6 Å². The highest BCUT2D eigenvalue weighted by molar-refractivity contribution is 7.20. The van der Waals surface area contributed by atoms with Gasteiger partial charge in [0.05, 0.1) is 66.6 Å². The first-order chi connectivity index (χ1) is 51.6. The molecule has 0 N–H and O–H groups in total. The molecule has 1 aliphatic heterocycles. The lowest BCUT2D eigenvalue weighted by Gasteiger charge is -2.42. The quantitative estimate of drug-likeness (QED) is 0.0725. The summed E-state index contributed by atoms with van der Waals surface area (Å²) in [5.41, 5.74) is 18.2. The summed E-state index contributed by atoms with van der Waals surface area (Å²) in [6, 6.07) is 98.1. The summed E-state index contributed by atoms with van der Waals surface area (Å²) in [4.78, 5) is 11.4. The fraction of sp³-hybridized carbons (Fsp3) is 0.111. The van der Waals surface area contributed by atoms with Gasteiger partial charge in [0.15, 0.2) is 0 Å².